The summed E-state index contributed by atoms with van der Waals surface area (Å²) < 4.78 is 13.1. The number of allylic oxidation sites excluding steroid dienone is 2. The second-order valence-corrected chi connectivity index (χ2v) is 13.7. The van der Waals surface area contributed by atoms with E-state index in [1.807, 2.05) is 52.0 Å². The minimum absolute atomic E-state index is 0.158. The van der Waals surface area contributed by atoms with Gasteiger partial charge >= 0.3 is 11.9 Å². The van der Waals surface area contributed by atoms with Crippen LogP contribution in [0.5, 0.6) is 0 Å². The van der Waals surface area contributed by atoms with E-state index in [0.29, 0.717) is 11.1 Å². The van der Waals surface area contributed by atoms with Gasteiger partial charge in [0.15, 0.2) is 0 Å². The van der Waals surface area contributed by atoms with Crippen LogP contribution in [0.15, 0.2) is 60.7 Å². The Labute approximate surface area is 250 Å². The summed E-state index contributed by atoms with van der Waals surface area (Å²) in [6, 6.07) is 18.2. The van der Waals surface area contributed by atoms with Gasteiger partial charge in [0.25, 0.3) is 0 Å². The predicted molar refractivity (Wildman–Crippen MR) is 167 cm³/mol. The van der Waals surface area contributed by atoms with Gasteiger partial charge in [0, 0.05) is 22.7 Å². The molecule has 4 aliphatic rings. The molecule has 4 nitrogen and oxygen atoms in total. The third kappa shape index (κ3) is 4.25. The maximum Gasteiger partial charge on any atom is 0.338 e. The molecule has 3 aromatic rings. The molecule has 0 heterocycles. The molecule has 2 bridgehead atoms. The average molecular weight is 563 g/mol. The minimum Gasteiger partial charge on any atom is -0.454 e. The SMILES string of the molecule is C/C=C1\c2c(C)cccc2C2C1C1(C)CCC2(C)[C@H](OC(=O)c2cc(C)cc(C)c2)C1OC(=O)c1cc(C)cc(C)c1. The number of ether oxygens (including phenoxy) is 2. The molecular formula is C38H42O4. The Hall–Kier alpha value is -3.66. The summed E-state index contributed by atoms with van der Waals surface area (Å²) in [6.45, 7) is 16.8. The lowest BCUT2D eigenvalue weighted by atomic mass is 9.43. The Morgan fingerprint density at radius 3 is 1.62 bits per heavy atom. The van der Waals surface area contributed by atoms with E-state index in [4.69, 9.17) is 9.47 Å². The number of hydrogen-bond donors (Lipinski definition) is 0. The summed E-state index contributed by atoms with van der Waals surface area (Å²) in [5.41, 5.74) is 9.52. The van der Waals surface area contributed by atoms with E-state index in [2.05, 4.69) is 64.1 Å². The molecule has 6 atom stereocenters. The van der Waals surface area contributed by atoms with Gasteiger partial charge in [-0.25, -0.2) is 9.59 Å². The number of benzene rings is 3. The smallest absolute Gasteiger partial charge is 0.338 e. The molecule has 0 radical (unpaired) electrons. The molecule has 3 fully saturated rings. The first-order valence-electron chi connectivity index (χ1n) is 15.2. The maximum atomic E-state index is 13.9. The Kier molecular flexibility index (Phi) is 6.75. The van der Waals surface area contributed by atoms with Crippen LogP contribution in [-0.4, -0.2) is 24.1 Å². The van der Waals surface area contributed by atoms with Gasteiger partial charge in [-0.2, -0.15) is 0 Å². The molecule has 218 valence electrons. The average Bonchev–Trinajstić information content (AvgIpc) is 3.29. The second kappa shape index (κ2) is 9.97. The van der Waals surface area contributed by atoms with Crippen molar-refractivity contribution < 1.29 is 19.1 Å². The molecule has 0 aromatic heterocycles. The van der Waals surface area contributed by atoms with Crippen molar-refractivity contribution in [3.8, 4) is 0 Å². The van der Waals surface area contributed by atoms with Gasteiger partial charge in [0.1, 0.15) is 12.2 Å². The molecule has 42 heavy (non-hydrogen) atoms. The topological polar surface area (TPSA) is 52.6 Å². The molecule has 3 aromatic carbocycles. The van der Waals surface area contributed by atoms with Crippen molar-refractivity contribution in [2.45, 2.75) is 86.4 Å². The lowest BCUT2D eigenvalue weighted by Crippen LogP contribution is -2.67. The molecule has 0 spiro atoms. The summed E-state index contributed by atoms with van der Waals surface area (Å²) in [7, 11) is 0. The van der Waals surface area contributed by atoms with Crippen LogP contribution in [0.4, 0.5) is 0 Å². The normalized spacial score (nSPS) is 30.1. The zero-order valence-corrected chi connectivity index (χ0v) is 26.1. The number of rotatable bonds is 4. The van der Waals surface area contributed by atoms with Crippen LogP contribution >= 0.6 is 0 Å². The van der Waals surface area contributed by atoms with E-state index in [1.54, 1.807) is 0 Å². The fourth-order valence-corrected chi connectivity index (χ4v) is 8.78. The summed E-state index contributed by atoms with van der Waals surface area (Å²) in [6.07, 6.45) is 2.84. The van der Waals surface area contributed by atoms with Gasteiger partial charge in [0.05, 0.1) is 11.1 Å². The lowest BCUT2D eigenvalue weighted by molar-refractivity contribution is -0.215. The highest BCUT2D eigenvalue weighted by Gasteiger charge is 2.71. The fourth-order valence-electron chi connectivity index (χ4n) is 8.78. The van der Waals surface area contributed by atoms with E-state index in [9.17, 15) is 9.59 Å². The monoisotopic (exact) mass is 562 g/mol. The fraction of sp³-hybridized carbons (Fsp3) is 0.421. The lowest BCUT2D eigenvalue weighted by Gasteiger charge is -2.64. The van der Waals surface area contributed by atoms with Gasteiger partial charge in [-0.3, -0.25) is 0 Å². The first-order chi connectivity index (χ1) is 19.9. The number of esters is 2. The maximum absolute atomic E-state index is 13.9. The van der Waals surface area contributed by atoms with Gasteiger partial charge in [-0.1, -0.05) is 72.5 Å². The van der Waals surface area contributed by atoms with Gasteiger partial charge < -0.3 is 9.47 Å². The number of carbonyl (C=O) groups excluding carboxylic acids is 2. The van der Waals surface area contributed by atoms with Gasteiger partial charge in [-0.05, 0) is 101 Å². The van der Waals surface area contributed by atoms with Crippen LogP contribution in [-0.2, 0) is 9.47 Å². The van der Waals surface area contributed by atoms with Crippen molar-refractivity contribution >= 4 is 17.5 Å². The molecule has 5 unspecified atom stereocenters. The zero-order chi connectivity index (χ0) is 30.1. The third-order valence-corrected chi connectivity index (χ3v) is 10.5. The van der Waals surface area contributed by atoms with Crippen LogP contribution in [0, 0.1) is 51.4 Å². The van der Waals surface area contributed by atoms with Crippen LogP contribution in [0.25, 0.3) is 5.57 Å². The largest absolute Gasteiger partial charge is 0.454 e. The summed E-state index contributed by atoms with van der Waals surface area (Å²) in [5.74, 6) is -0.403. The quantitative estimate of drug-likeness (QED) is 0.299. The van der Waals surface area contributed by atoms with Crippen LogP contribution in [0.3, 0.4) is 0 Å². The van der Waals surface area contributed by atoms with E-state index < -0.39 is 23.0 Å². The molecular weight excluding hydrogens is 520 g/mol. The van der Waals surface area contributed by atoms with Crippen molar-refractivity contribution in [2.24, 2.45) is 16.7 Å². The van der Waals surface area contributed by atoms with Crippen molar-refractivity contribution in [1.29, 1.82) is 0 Å². The highest BCUT2D eigenvalue weighted by molar-refractivity contribution is 5.91. The molecule has 0 amide bonds. The van der Waals surface area contributed by atoms with E-state index >= 15 is 0 Å². The predicted octanol–water partition coefficient (Wildman–Crippen LogP) is 8.62. The number of aryl methyl sites for hydroxylation is 5. The van der Waals surface area contributed by atoms with Crippen LogP contribution in [0.1, 0.15) is 99.2 Å². The minimum atomic E-state index is -0.592. The van der Waals surface area contributed by atoms with Gasteiger partial charge in [-0.15, -0.1) is 0 Å². The highest BCUT2D eigenvalue weighted by Crippen LogP contribution is 2.73. The summed E-state index contributed by atoms with van der Waals surface area (Å²) in [5, 5.41) is 0. The van der Waals surface area contributed by atoms with Crippen molar-refractivity contribution in [1.82, 2.24) is 0 Å². The number of hydrogen-bond acceptors (Lipinski definition) is 4. The first kappa shape index (κ1) is 28.5. The summed E-state index contributed by atoms with van der Waals surface area (Å²) in [4.78, 5) is 27.7. The standard InChI is InChI=1S/C38H42O4/c1-9-28-30-25(6)11-10-12-29(30)32-31(28)37(7)13-14-38(32,8)34(42-36(40)27-19-23(4)16-24(5)20-27)33(37)41-35(39)26-17-21(2)15-22(3)18-26/h9-12,15-20,31-34H,13-14H2,1-8H3/b28-9+/t31?,32?,33?,34-,37?,38?/m1/s1. The molecule has 0 saturated heterocycles. The molecule has 7 rings (SSSR count). The summed E-state index contributed by atoms with van der Waals surface area (Å²) >= 11 is 0. The zero-order valence-electron chi connectivity index (χ0n) is 26.1. The number of carbonyl (C=O) groups is 2. The van der Waals surface area contributed by atoms with Crippen molar-refractivity contribution in [3.63, 3.8) is 0 Å². The first-order valence-corrected chi connectivity index (χ1v) is 15.2. The van der Waals surface area contributed by atoms with E-state index in [1.165, 1.54) is 22.3 Å². The number of fused-ring (bicyclic) bond motifs is 3. The second-order valence-electron chi connectivity index (χ2n) is 13.7. The van der Waals surface area contributed by atoms with E-state index in [0.717, 1.165) is 35.1 Å². The Bertz CT molecular complexity index is 1610. The van der Waals surface area contributed by atoms with Crippen molar-refractivity contribution in [2.75, 3.05) is 0 Å². The van der Waals surface area contributed by atoms with Crippen LogP contribution < -0.4 is 0 Å². The molecule has 4 heteroatoms. The Balaban J connectivity index is 1.49. The van der Waals surface area contributed by atoms with Gasteiger partial charge in [0.2, 0.25) is 0 Å². The molecule has 0 aliphatic heterocycles. The van der Waals surface area contributed by atoms with Crippen LogP contribution in [0.2, 0.25) is 0 Å². The molecule has 3 saturated carbocycles. The highest BCUT2D eigenvalue weighted by atomic mass is 16.6. The third-order valence-electron chi connectivity index (χ3n) is 10.5. The Morgan fingerprint density at radius 2 is 1.17 bits per heavy atom. The molecule has 0 N–H and O–H groups in total. The van der Waals surface area contributed by atoms with E-state index in [-0.39, 0.29) is 23.8 Å². The molecule has 4 aliphatic carbocycles. The van der Waals surface area contributed by atoms with Crippen molar-refractivity contribution in [3.05, 3.63) is 111 Å². The Morgan fingerprint density at radius 1 is 0.714 bits per heavy atom.